The molecule has 0 bridgehead atoms. The molecule has 0 heteroatoms. The van der Waals surface area contributed by atoms with Gasteiger partial charge in [-0.05, 0) is 35.7 Å². The summed E-state index contributed by atoms with van der Waals surface area (Å²) in [5, 5.41) is 0. The second kappa shape index (κ2) is 3.66. The zero-order valence-corrected chi connectivity index (χ0v) is 10.2. The topological polar surface area (TPSA) is 0 Å². The molecular formula is C15H22. The fraction of sp³-hybridized carbons (Fsp3) is 0.600. The van der Waals surface area contributed by atoms with Crippen LogP contribution >= 0.6 is 0 Å². The van der Waals surface area contributed by atoms with Crippen molar-refractivity contribution in [2.75, 3.05) is 0 Å². The summed E-state index contributed by atoms with van der Waals surface area (Å²) in [6, 6.07) is 11.1. The van der Waals surface area contributed by atoms with Gasteiger partial charge in [-0.1, -0.05) is 57.5 Å². The van der Waals surface area contributed by atoms with Crippen LogP contribution in [0.2, 0.25) is 0 Å². The van der Waals surface area contributed by atoms with Gasteiger partial charge in [-0.15, -0.1) is 0 Å². The Balaban J connectivity index is 2.23. The van der Waals surface area contributed by atoms with Crippen LogP contribution in [0.5, 0.6) is 0 Å². The van der Waals surface area contributed by atoms with Crippen molar-refractivity contribution in [3.8, 4) is 0 Å². The van der Waals surface area contributed by atoms with Crippen LogP contribution in [-0.2, 0) is 5.41 Å². The molecule has 1 saturated carbocycles. The summed E-state index contributed by atoms with van der Waals surface area (Å²) >= 11 is 0. The molecule has 2 rings (SSSR count). The average molecular weight is 202 g/mol. The zero-order valence-electron chi connectivity index (χ0n) is 10.2. The largest absolute Gasteiger partial charge is 0.0622 e. The lowest BCUT2D eigenvalue weighted by atomic mass is 9.58. The third-order valence-corrected chi connectivity index (χ3v) is 3.57. The third-order valence-electron chi connectivity index (χ3n) is 3.57. The Bertz CT molecular complexity index is 312. The standard InChI is InChI=1S/C15H22/c1-14(2,3)12-15(10-7-11-15)13-8-5-4-6-9-13/h4-6,8-9H,7,10-12H2,1-3H3. The molecule has 0 unspecified atom stereocenters. The van der Waals surface area contributed by atoms with Gasteiger partial charge < -0.3 is 0 Å². The van der Waals surface area contributed by atoms with Gasteiger partial charge in [0.15, 0.2) is 0 Å². The Labute approximate surface area is 93.7 Å². The van der Waals surface area contributed by atoms with Crippen LogP contribution in [0.3, 0.4) is 0 Å². The first-order chi connectivity index (χ1) is 7.02. The third kappa shape index (κ3) is 2.25. The molecule has 0 heterocycles. The fourth-order valence-electron chi connectivity index (χ4n) is 2.98. The monoisotopic (exact) mass is 202 g/mol. The van der Waals surface area contributed by atoms with E-state index in [0.717, 1.165) is 0 Å². The van der Waals surface area contributed by atoms with Crippen LogP contribution < -0.4 is 0 Å². The highest BCUT2D eigenvalue weighted by atomic mass is 14.4. The van der Waals surface area contributed by atoms with Gasteiger partial charge in [-0.3, -0.25) is 0 Å². The summed E-state index contributed by atoms with van der Waals surface area (Å²) in [7, 11) is 0. The Morgan fingerprint density at radius 3 is 2.07 bits per heavy atom. The van der Waals surface area contributed by atoms with E-state index in [9.17, 15) is 0 Å². The van der Waals surface area contributed by atoms with Gasteiger partial charge in [0.1, 0.15) is 0 Å². The normalized spacial score (nSPS) is 19.7. The smallest absolute Gasteiger partial charge is 0.00420 e. The molecule has 0 amide bonds. The van der Waals surface area contributed by atoms with E-state index in [0.29, 0.717) is 10.8 Å². The Kier molecular flexibility index (Phi) is 2.62. The number of hydrogen-bond acceptors (Lipinski definition) is 0. The SMILES string of the molecule is CC(C)(C)CC1(c2ccccc2)CCC1. The van der Waals surface area contributed by atoms with Crippen LogP contribution in [0.4, 0.5) is 0 Å². The highest BCUT2D eigenvalue weighted by Gasteiger charge is 2.41. The number of benzene rings is 1. The Morgan fingerprint density at radius 2 is 1.67 bits per heavy atom. The van der Waals surface area contributed by atoms with E-state index in [1.54, 1.807) is 5.56 Å². The molecule has 0 radical (unpaired) electrons. The highest BCUT2D eigenvalue weighted by molar-refractivity contribution is 5.28. The summed E-state index contributed by atoms with van der Waals surface area (Å²) in [5.41, 5.74) is 2.50. The molecule has 1 fully saturated rings. The molecule has 1 aliphatic rings. The molecule has 0 aromatic heterocycles. The first-order valence-electron chi connectivity index (χ1n) is 6.07. The fourth-order valence-corrected chi connectivity index (χ4v) is 2.98. The van der Waals surface area contributed by atoms with Crippen LogP contribution in [0.25, 0.3) is 0 Å². The quantitative estimate of drug-likeness (QED) is 0.660. The molecule has 82 valence electrons. The minimum Gasteiger partial charge on any atom is -0.0622 e. The van der Waals surface area contributed by atoms with Crippen LogP contribution in [0.1, 0.15) is 52.0 Å². The maximum absolute atomic E-state index is 2.36. The second-order valence-corrected chi connectivity index (χ2v) is 6.24. The first-order valence-corrected chi connectivity index (χ1v) is 6.07. The van der Waals surface area contributed by atoms with E-state index in [4.69, 9.17) is 0 Å². The van der Waals surface area contributed by atoms with Crippen LogP contribution in [0.15, 0.2) is 30.3 Å². The van der Waals surface area contributed by atoms with Gasteiger partial charge in [-0.2, -0.15) is 0 Å². The maximum Gasteiger partial charge on any atom is -0.00420 e. The predicted molar refractivity (Wildman–Crippen MR) is 66.0 cm³/mol. The number of hydrogen-bond donors (Lipinski definition) is 0. The van der Waals surface area contributed by atoms with Crippen molar-refractivity contribution in [3.05, 3.63) is 35.9 Å². The van der Waals surface area contributed by atoms with Crippen molar-refractivity contribution in [1.82, 2.24) is 0 Å². The van der Waals surface area contributed by atoms with Gasteiger partial charge in [0.2, 0.25) is 0 Å². The van der Waals surface area contributed by atoms with Crippen molar-refractivity contribution < 1.29 is 0 Å². The van der Waals surface area contributed by atoms with Crippen LogP contribution in [0, 0.1) is 5.41 Å². The lowest BCUT2D eigenvalue weighted by Gasteiger charge is -2.46. The summed E-state index contributed by atoms with van der Waals surface area (Å²) < 4.78 is 0. The molecular weight excluding hydrogens is 180 g/mol. The van der Waals surface area contributed by atoms with Gasteiger partial charge in [0, 0.05) is 0 Å². The van der Waals surface area contributed by atoms with Crippen molar-refractivity contribution in [3.63, 3.8) is 0 Å². The molecule has 1 aromatic rings. The number of rotatable bonds is 2. The molecule has 0 saturated heterocycles. The maximum atomic E-state index is 2.36. The van der Waals surface area contributed by atoms with Crippen LogP contribution in [-0.4, -0.2) is 0 Å². The molecule has 15 heavy (non-hydrogen) atoms. The zero-order chi connectivity index (χ0) is 10.9. The molecule has 0 N–H and O–H groups in total. The lowest BCUT2D eigenvalue weighted by Crippen LogP contribution is -2.37. The molecule has 0 aliphatic heterocycles. The molecule has 0 atom stereocenters. The summed E-state index contributed by atoms with van der Waals surface area (Å²) in [4.78, 5) is 0. The van der Waals surface area contributed by atoms with E-state index in [1.165, 1.54) is 25.7 Å². The summed E-state index contributed by atoms with van der Waals surface area (Å²) in [6.45, 7) is 7.07. The first kappa shape index (κ1) is 10.7. The lowest BCUT2D eigenvalue weighted by molar-refractivity contribution is 0.156. The van der Waals surface area contributed by atoms with Gasteiger partial charge in [0.05, 0.1) is 0 Å². The minimum absolute atomic E-state index is 0.441. The van der Waals surface area contributed by atoms with Gasteiger partial charge in [-0.25, -0.2) is 0 Å². The minimum atomic E-state index is 0.441. The van der Waals surface area contributed by atoms with Gasteiger partial charge in [0.25, 0.3) is 0 Å². The van der Waals surface area contributed by atoms with E-state index in [1.807, 2.05) is 0 Å². The Hall–Kier alpha value is -0.780. The summed E-state index contributed by atoms with van der Waals surface area (Å²) in [5.74, 6) is 0. The van der Waals surface area contributed by atoms with Crippen molar-refractivity contribution in [2.45, 2.75) is 51.9 Å². The van der Waals surface area contributed by atoms with Gasteiger partial charge >= 0.3 is 0 Å². The molecule has 0 spiro atoms. The average Bonchev–Trinajstić information content (AvgIpc) is 2.11. The Morgan fingerprint density at radius 1 is 1.07 bits per heavy atom. The van der Waals surface area contributed by atoms with E-state index >= 15 is 0 Å². The predicted octanol–water partition coefficient (Wildman–Crippen LogP) is 4.54. The van der Waals surface area contributed by atoms with Crippen molar-refractivity contribution in [2.24, 2.45) is 5.41 Å². The molecule has 1 aliphatic carbocycles. The highest BCUT2D eigenvalue weighted by Crippen LogP contribution is 2.50. The van der Waals surface area contributed by atoms with E-state index < -0.39 is 0 Å². The van der Waals surface area contributed by atoms with E-state index in [-0.39, 0.29) is 0 Å². The van der Waals surface area contributed by atoms with Crippen molar-refractivity contribution in [1.29, 1.82) is 0 Å². The van der Waals surface area contributed by atoms with E-state index in [2.05, 4.69) is 51.1 Å². The summed E-state index contributed by atoms with van der Waals surface area (Å²) in [6.07, 6.45) is 5.50. The molecule has 0 nitrogen and oxygen atoms in total. The van der Waals surface area contributed by atoms with Crippen molar-refractivity contribution >= 4 is 0 Å². The molecule has 1 aromatic carbocycles. The second-order valence-electron chi connectivity index (χ2n) is 6.24.